The van der Waals surface area contributed by atoms with Crippen molar-refractivity contribution in [1.29, 1.82) is 0 Å². The molecule has 35 heavy (non-hydrogen) atoms. The van der Waals surface area contributed by atoms with Crippen molar-refractivity contribution in [3.8, 4) is 0 Å². The van der Waals surface area contributed by atoms with E-state index in [1.54, 1.807) is 53.1 Å². The number of carbonyl (C=O) groups is 4. The maximum atomic E-state index is 13.5. The Hall–Kier alpha value is -3.66. The maximum absolute atomic E-state index is 13.5. The van der Waals surface area contributed by atoms with Crippen LogP contribution in [0.2, 0.25) is 0 Å². The topological polar surface area (TPSA) is 87.2 Å². The van der Waals surface area contributed by atoms with Crippen LogP contribution in [0.3, 0.4) is 0 Å². The van der Waals surface area contributed by atoms with Gasteiger partial charge in [-0.05, 0) is 60.2 Å². The average molecular weight is 498 g/mol. The summed E-state index contributed by atoms with van der Waals surface area (Å²) in [4.78, 5) is 54.6. The molecule has 10 heteroatoms. The number of halogens is 1. The summed E-state index contributed by atoms with van der Waals surface area (Å²) in [6.07, 6.45) is 1.19. The largest absolute Gasteiger partial charge is 0.450 e. The maximum Gasteiger partial charge on any atom is 0.409 e. The van der Waals surface area contributed by atoms with E-state index in [0.29, 0.717) is 49.5 Å². The second-order valence-corrected chi connectivity index (χ2v) is 8.99. The molecule has 2 aromatic rings. The van der Waals surface area contributed by atoms with E-state index < -0.39 is 17.0 Å². The number of thioether (sulfide) groups is 1. The molecule has 0 radical (unpaired) electrons. The average Bonchev–Trinajstić information content (AvgIpc) is 3.11. The summed E-state index contributed by atoms with van der Waals surface area (Å²) in [5.74, 6) is -1.08. The van der Waals surface area contributed by atoms with Crippen LogP contribution in [0.1, 0.15) is 28.4 Å². The highest BCUT2D eigenvalue weighted by atomic mass is 32.2. The number of benzene rings is 2. The van der Waals surface area contributed by atoms with E-state index in [4.69, 9.17) is 4.74 Å². The van der Waals surface area contributed by atoms with E-state index in [9.17, 15) is 23.6 Å². The summed E-state index contributed by atoms with van der Waals surface area (Å²) in [5.41, 5.74) is 1.57. The van der Waals surface area contributed by atoms with Crippen molar-refractivity contribution in [3.63, 3.8) is 0 Å². The smallest absolute Gasteiger partial charge is 0.409 e. The van der Waals surface area contributed by atoms with Crippen LogP contribution in [0.4, 0.5) is 14.0 Å². The molecule has 4 amide bonds. The Labute approximate surface area is 206 Å². The first-order valence-electron chi connectivity index (χ1n) is 11.2. The number of piperazine rings is 1. The molecular weight excluding hydrogens is 473 g/mol. The van der Waals surface area contributed by atoms with Crippen molar-refractivity contribution >= 4 is 41.0 Å². The van der Waals surface area contributed by atoms with Crippen molar-refractivity contribution in [2.24, 2.45) is 0 Å². The van der Waals surface area contributed by atoms with Crippen LogP contribution in [0.25, 0.3) is 6.08 Å². The Morgan fingerprint density at radius 2 is 1.74 bits per heavy atom. The van der Waals surface area contributed by atoms with Crippen LogP contribution in [-0.2, 0) is 16.1 Å². The number of rotatable bonds is 5. The van der Waals surface area contributed by atoms with Crippen LogP contribution in [0, 0.1) is 5.82 Å². The minimum absolute atomic E-state index is 0.0178. The van der Waals surface area contributed by atoms with Crippen LogP contribution in [-0.4, -0.2) is 70.6 Å². The molecule has 2 fully saturated rings. The van der Waals surface area contributed by atoms with Gasteiger partial charge in [0.25, 0.3) is 17.1 Å². The lowest BCUT2D eigenvalue weighted by atomic mass is 10.1. The molecular formula is C25H24FN3O5S. The van der Waals surface area contributed by atoms with Crippen LogP contribution in [0.5, 0.6) is 0 Å². The van der Waals surface area contributed by atoms with Crippen molar-refractivity contribution in [2.45, 2.75) is 13.5 Å². The molecule has 0 N–H and O–H groups in total. The minimum atomic E-state index is -0.462. The van der Waals surface area contributed by atoms with E-state index in [0.717, 1.165) is 16.7 Å². The van der Waals surface area contributed by atoms with Gasteiger partial charge in [-0.3, -0.25) is 19.3 Å². The van der Waals surface area contributed by atoms with Crippen molar-refractivity contribution in [3.05, 3.63) is 75.9 Å². The number of nitrogens with zero attached hydrogens (tertiary/aromatic N) is 3. The molecule has 2 aliphatic rings. The van der Waals surface area contributed by atoms with Crippen LogP contribution < -0.4 is 0 Å². The molecule has 182 valence electrons. The van der Waals surface area contributed by atoms with Gasteiger partial charge >= 0.3 is 6.09 Å². The Morgan fingerprint density at radius 3 is 2.46 bits per heavy atom. The zero-order chi connectivity index (χ0) is 24.9. The minimum Gasteiger partial charge on any atom is -0.450 e. The Kier molecular flexibility index (Phi) is 7.50. The van der Waals surface area contributed by atoms with Gasteiger partial charge in [0.05, 0.1) is 18.1 Å². The SMILES string of the molecule is CCOC(=O)N1CCN(C(=O)c2cccc(/C=C3\SC(=O)N(Cc4cccc(F)c4)C3=O)c2)CC1. The normalized spacial score (nSPS) is 17.3. The molecule has 2 heterocycles. The highest BCUT2D eigenvalue weighted by Gasteiger charge is 2.35. The molecule has 0 atom stereocenters. The summed E-state index contributed by atoms with van der Waals surface area (Å²) in [5, 5.41) is -0.433. The molecule has 2 saturated heterocycles. The molecule has 0 bridgehead atoms. The molecule has 8 nitrogen and oxygen atoms in total. The Bertz CT molecular complexity index is 1190. The molecule has 2 aromatic carbocycles. The molecule has 0 spiro atoms. The van der Waals surface area contributed by atoms with Gasteiger partial charge < -0.3 is 14.5 Å². The van der Waals surface area contributed by atoms with E-state index in [1.165, 1.54) is 18.2 Å². The number of hydrogen-bond acceptors (Lipinski definition) is 6. The first kappa shape index (κ1) is 24.5. The number of imide groups is 1. The molecule has 4 rings (SSSR count). The molecule has 0 aliphatic carbocycles. The molecule has 0 saturated carbocycles. The lowest BCUT2D eigenvalue weighted by Crippen LogP contribution is -2.50. The number of amides is 4. The zero-order valence-electron chi connectivity index (χ0n) is 19.1. The van der Waals surface area contributed by atoms with Gasteiger partial charge in [0, 0.05) is 31.7 Å². The summed E-state index contributed by atoms with van der Waals surface area (Å²) < 4.78 is 18.5. The lowest BCUT2D eigenvalue weighted by Gasteiger charge is -2.34. The lowest BCUT2D eigenvalue weighted by molar-refractivity contribution is -0.123. The van der Waals surface area contributed by atoms with Gasteiger partial charge in [-0.1, -0.05) is 24.3 Å². The predicted molar refractivity (Wildman–Crippen MR) is 129 cm³/mol. The molecule has 2 aliphatic heterocycles. The molecule has 0 unspecified atom stereocenters. The van der Waals surface area contributed by atoms with Gasteiger partial charge in [-0.15, -0.1) is 0 Å². The fraction of sp³-hybridized carbons (Fsp3) is 0.280. The van der Waals surface area contributed by atoms with E-state index in [-0.39, 0.29) is 23.5 Å². The van der Waals surface area contributed by atoms with Crippen LogP contribution >= 0.6 is 11.8 Å². The quantitative estimate of drug-likeness (QED) is 0.581. The predicted octanol–water partition coefficient (Wildman–Crippen LogP) is 3.98. The Balaban J connectivity index is 1.43. The summed E-state index contributed by atoms with van der Waals surface area (Å²) in [6.45, 7) is 3.59. The van der Waals surface area contributed by atoms with Crippen molar-refractivity contribution in [2.75, 3.05) is 32.8 Å². The van der Waals surface area contributed by atoms with Crippen LogP contribution in [0.15, 0.2) is 53.4 Å². The zero-order valence-corrected chi connectivity index (χ0v) is 19.9. The third-order valence-corrected chi connectivity index (χ3v) is 6.53. The second-order valence-electron chi connectivity index (χ2n) is 8.00. The second kappa shape index (κ2) is 10.7. The number of hydrogen-bond donors (Lipinski definition) is 0. The first-order valence-corrected chi connectivity index (χ1v) is 12.0. The summed E-state index contributed by atoms with van der Waals surface area (Å²) in [6, 6.07) is 12.6. The summed E-state index contributed by atoms with van der Waals surface area (Å²) in [7, 11) is 0. The molecule has 0 aromatic heterocycles. The number of carbonyl (C=O) groups excluding carboxylic acids is 4. The van der Waals surface area contributed by atoms with Gasteiger partial charge in [-0.25, -0.2) is 9.18 Å². The highest BCUT2D eigenvalue weighted by molar-refractivity contribution is 8.18. The Morgan fingerprint density at radius 1 is 1.03 bits per heavy atom. The summed E-state index contributed by atoms with van der Waals surface area (Å²) >= 11 is 0.809. The third kappa shape index (κ3) is 5.71. The van der Waals surface area contributed by atoms with Crippen molar-refractivity contribution in [1.82, 2.24) is 14.7 Å². The first-order chi connectivity index (χ1) is 16.9. The number of ether oxygens (including phenoxy) is 1. The fourth-order valence-electron chi connectivity index (χ4n) is 3.86. The monoisotopic (exact) mass is 497 g/mol. The standard InChI is InChI=1S/C25H24FN3O5S/c1-2-34-24(32)28-11-9-27(10-12-28)22(30)19-7-3-5-17(13-19)15-21-23(31)29(25(33)35-21)16-18-6-4-8-20(26)14-18/h3-8,13-15H,2,9-12,16H2,1H3/b21-15-. The van der Waals surface area contributed by atoms with Gasteiger partial charge in [0.2, 0.25) is 0 Å². The fourth-order valence-corrected chi connectivity index (χ4v) is 4.69. The van der Waals surface area contributed by atoms with Gasteiger partial charge in [-0.2, -0.15) is 0 Å². The van der Waals surface area contributed by atoms with E-state index in [2.05, 4.69) is 0 Å². The van der Waals surface area contributed by atoms with Gasteiger partial charge in [0.1, 0.15) is 5.82 Å². The third-order valence-electron chi connectivity index (χ3n) is 5.63. The highest BCUT2D eigenvalue weighted by Crippen LogP contribution is 2.33. The van der Waals surface area contributed by atoms with Gasteiger partial charge in [0.15, 0.2) is 0 Å². The van der Waals surface area contributed by atoms with Crippen molar-refractivity contribution < 1.29 is 28.3 Å². The van der Waals surface area contributed by atoms with E-state index in [1.807, 2.05) is 0 Å². The van der Waals surface area contributed by atoms with E-state index >= 15 is 0 Å².